The number of carbonyl (C=O) groups excluding carboxylic acids is 15. The van der Waals surface area contributed by atoms with Crippen molar-refractivity contribution in [1.29, 1.82) is 0 Å². The first kappa shape index (κ1) is 108. The third-order valence-corrected chi connectivity index (χ3v) is 18.6. The predicted molar refractivity (Wildman–Crippen MR) is 434 cm³/mol. The van der Waals surface area contributed by atoms with Gasteiger partial charge in [-0.2, -0.15) is 0 Å². The van der Waals surface area contributed by atoms with Crippen molar-refractivity contribution in [3.8, 4) is 0 Å². The van der Waals surface area contributed by atoms with Crippen molar-refractivity contribution in [2.24, 2.45) is 11.5 Å². The van der Waals surface area contributed by atoms with E-state index in [-0.39, 0.29) is 95.8 Å². The first-order valence-electron chi connectivity index (χ1n) is 41.5. The number of aryl methyl sites for hydroxylation is 1. The molecule has 2 rings (SSSR count). The number of ether oxygens (including phenoxy) is 4. The summed E-state index contributed by atoms with van der Waals surface area (Å²) in [6.45, 7) is -2.26. The molecule has 0 aliphatic carbocycles. The van der Waals surface area contributed by atoms with Crippen LogP contribution in [-0.2, 0) is 113 Å². The highest BCUT2D eigenvalue weighted by molar-refractivity contribution is 5.98. The number of ketones is 1. The fourth-order valence-corrected chi connectivity index (χ4v) is 11.9. The summed E-state index contributed by atoms with van der Waals surface area (Å²) in [4.78, 5) is 226. The zero-order valence-electron chi connectivity index (χ0n) is 70.3. The second-order valence-electron chi connectivity index (χ2n) is 29.0. The van der Waals surface area contributed by atoms with Gasteiger partial charge >= 0.3 is 11.9 Å². The maximum absolute atomic E-state index is 14.1. The van der Waals surface area contributed by atoms with Crippen LogP contribution < -0.4 is 75.3 Å². The number of carbonyl (C=O) groups is 17. The minimum atomic E-state index is -2.00. The van der Waals surface area contributed by atoms with Gasteiger partial charge in [-0.1, -0.05) is 90.4 Å². The molecule has 0 aliphatic rings. The lowest BCUT2D eigenvalue weighted by Crippen LogP contribution is -2.61. The number of amides is 14. The van der Waals surface area contributed by atoms with Crippen LogP contribution >= 0.6 is 0 Å². The Morgan fingerprint density at radius 1 is 0.431 bits per heavy atom. The number of imidazole rings is 1. The van der Waals surface area contributed by atoms with E-state index in [1.807, 2.05) is 6.92 Å². The molecule has 47 heteroatoms. The quantitative estimate of drug-likeness (QED) is 0.0274. The molecule has 0 aromatic carbocycles. The van der Waals surface area contributed by atoms with Crippen LogP contribution in [-0.4, -0.2) is 328 Å². The number of carboxylic acid groups (broad SMARTS) is 2. The summed E-state index contributed by atoms with van der Waals surface area (Å²) in [5.74, 6) is -14.9. The molecular formula is C76H129N21O26. The molecule has 2 heterocycles. The van der Waals surface area contributed by atoms with Crippen molar-refractivity contribution in [3.05, 3.63) is 24.0 Å². The number of hydrogen-bond acceptors (Lipinski definition) is 29. The summed E-state index contributed by atoms with van der Waals surface area (Å²) in [6, 6.07) is -13.1. The standard InChI is InChI=1S/C76H129N21O26/c1-3-4-20-52(50(2)101)87-71(114)53(21-18-19-32-97(42-68(109)110)43-69(111)112)85-64(105)28-29-82-70(113)56(39-51-40-79-49-84-51)90-72(115)54(24-26-60(77)102)89-75(118)58(45-99)92-76(119)59(46-100)91-73(116)55(25-27-61(78)103)88-74(117)57(44-98)86-65(106)41-83-67(108)48-123-38-36-121-34-31-81-66(107)47-122-37-35-120-33-30-80-63(104)23-17-15-13-11-9-7-5-6-8-10-12-14-16-22-62-93-95-96-94-62/h40,49,52-59,98-100H,3-39,41-48H2,1-2H3,(H2,77,102)(H2,78,103)(H,79,84)(H,80,104)(H,81,107)(H,82,113)(H,83,108)(H,85,105)(H,86,106)(H,87,114)(H,88,117)(H,89,118)(H,90,115)(H,91,116)(H,92,119)(H,109,110)(H,111,112)(H,93,94,95,96)/t52-,53-,54-,55-,56-,57+,58-,59-/m0/s1. The van der Waals surface area contributed by atoms with E-state index in [4.69, 9.17) is 30.4 Å². The summed E-state index contributed by atoms with van der Waals surface area (Å²) in [5, 5.41) is 91.6. The highest BCUT2D eigenvalue weighted by atomic mass is 16.5. The van der Waals surface area contributed by atoms with E-state index < -0.39 is 222 Å². The molecule has 0 radical (unpaired) electrons. The highest BCUT2D eigenvalue weighted by Gasteiger charge is 2.35. The SMILES string of the molecule is CCCC[C@H](NC(=O)[C@H](CCCCN(CC(=O)O)CC(=O)O)NC(=O)CCNC(=O)[C@H](Cc1c[nH]cn1)NC(=O)[C@H](CCC(N)=O)NC(=O)[C@H](CO)NC(=O)[C@H](CO)NC(=O)[C@H](CCC(N)=O)NC(=O)[C@@H](CO)NC(=O)CNC(=O)COCCOCCNC(=O)COCCOCCNC(=O)CCCCCCCCCCCCCCCc1nnn[nH]1)C(C)=O. The Hall–Kier alpha value is -10.8. The lowest BCUT2D eigenvalue weighted by molar-refractivity contribution is -0.142. The number of unbranched alkanes of at least 4 members (excludes halogenated alkanes) is 14. The van der Waals surface area contributed by atoms with Crippen molar-refractivity contribution in [2.45, 2.75) is 236 Å². The summed E-state index contributed by atoms with van der Waals surface area (Å²) in [7, 11) is 0. The van der Waals surface area contributed by atoms with Crippen LogP contribution in [0.1, 0.15) is 186 Å². The first-order chi connectivity index (χ1) is 59.0. The maximum atomic E-state index is 14.1. The van der Waals surface area contributed by atoms with E-state index in [9.17, 15) is 107 Å². The van der Waals surface area contributed by atoms with Gasteiger partial charge in [0.05, 0.1) is 97.2 Å². The molecule has 123 heavy (non-hydrogen) atoms. The van der Waals surface area contributed by atoms with Gasteiger partial charge in [-0.05, 0) is 75.3 Å². The zero-order chi connectivity index (χ0) is 91.0. The second-order valence-corrected chi connectivity index (χ2v) is 29.0. The van der Waals surface area contributed by atoms with Gasteiger partial charge < -0.3 is 125 Å². The molecular weight excluding hydrogens is 1620 g/mol. The van der Waals surface area contributed by atoms with Crippen LogP contribution in [0.5, 0.6) is 0 Å². The Balaban J connectivity index is 1.83. The molecule has 0 fully saturated rings. The highest BCUT2D eigenvalue weighted by Crippen LogP contribution is 2.15. The van der Waals surface area contributed by atoms with Gasteiger partial charge in [0.25, 0.3) is 0 Å². The Bertz CT molecular complexity index is 3490. The van der Waals surface area contributed by atoms with Gasteiger partial charge in [0.15, 0.2) is 5.78 Å². The molecule has 23 N–H and O–H groups in total. The number of rotatable bonds is 76. The van der Waals surface area contributed by atoms with E-state index in [2.05, 4.69) is 94.4 Å². The number of aromatic nitrogens is 6. The molecule has 2 aromatic rings. The number of aliphatic hydroxyl groups excluding tert-OH is 3. The monoisotopic (exact) mass is 1750 g/mol. The molecule has 0 aliphatic heterocycles. The Kier molecular flexibility index (Phi) is 58.7. The molecule has 0 saturated heterocycles. The number of nitrogens with zero attached hydrogens (tertiary/aromatic N) is 5. The maximum Gasteiger partial charge on any atom is 0.317 e. The Morgan fingerprint density at radius 2 is 0.870 bits per heavy atom. The fourth-order valence-electron chi connectivity index (χ4n) is 11.9. The van der Waals surface area contributed by atoms with Crippen molar-refractivity contribution >= 4 is 100 Å². The number of aliphatic hydroxyl groups is 3. The molecule has 2 aromatic heterocycles. The van der Waals surface area contributed by atoms with E-state index >= 15 is 0 Å². The third-order valence-electron chi connectivity index (χ3n) is 18.6. The predicted octanol–water partition coefficient (Wildman–Crippen LogP) is -6.10. The fraction of sp³-hybridized carbons (Fsp3) is 0.724. The number of Topliss-reactive ketones (excluding diaryl/α,β-unsaturated/α-hetero) is 1. The van der Waals surface area contributed by atoms with Crippen molar-refractivity contribution in [1.82, 2.24) is 99.3 Å². The Labute approximate surface area is 712 Å². The number of H-pyrrole nitrogens is 2. The van der Waals surface area contributed by atoms with Crippen LogP contribution in [0.15, 0.2) is 12.5 Å². The van der Waals surface area contributed by atoms with E-state index in [1.165, 1.54) is 77.2 Å². The average Bonchev–Trinajstić information content (AvgIpc) is 1.52. The largest absolute Gasteiger partial charge is 0.480 e. The number of tetrazole rings is 1. The van der Waals surface area contributed by atoms with Crippen LogP contribution in [0.2, 0.25) is 0 Å². The molecule has 0 spiro atoms. The normalized spacial score (nSPS) is 13.1. The Morgan fingerprint density at radius 3 is 1.34 bits per heavy atom. The van der Waals surface area contributed by atoms with Crippen molar-refractivity contribution in [3.63, 3.8) is 0 Å². The lowest BCUT2D eigenvalue weighted by Gasteiger charge is -2.26. The van der Waals surface area contributed by atoms with Crippen LogP contribution in [0.4, 0.5) is 0 Å². The summed E-state index contributed by atoms with van der Waals surface area (Å²) >= 11 is 0. The molecule has 0 unspecified atom stereocenters. The summed E-state index contributed by atoms with van der Waals surface area (Å²) in [6.07, 6.45) is 18.1. The van der Waals surface area contributed by atoms with Gasteiger partial charge in [0.2, 0.25) is 82.7 Å². The molecule has 0 bridgehead atoms. The molecule has 8 atom stereocenters. The lowest BCUT2D eigenvalue weighted by atomic mass is 10.0. The van der Waals surface area contributed by atoms with Crippen LogP contribution in [0.3, 0.4) is 0 Å². The van der Waals surface area contributed by atoms with Gasteiger partial charge in [-0.25, -0.2) is 10.1 Å². The van der Waals surface area contributed by atoms with Crippen molar-refractivity contribution in [2.75, 3.05) is 118 Å². The average molecular weight is 1750 g/mol. The molecule has 694 valence electrons. The number of aromatic amines is 2. The minimum absolute atomic E-state index is 0.00704. The molecule has 47 nitrogen and oxygen atoms in total. The molecule has 14 amide bonds. The van der Waals surface area contributed by atoms with E-state index in [1.54, 1.807) is 0 Å². The molecule has 0 saturated carbocycles. The summed E-state index contributed by atoms with van der Waals surface area (Å²) in [5.41, 5.74) is 10.9. The number of carboxylic acids is 2. The van der Waals surface area contributed by atoms with Gasteiger partial charge in [-0.3, -0.25) is 86.4 Å². The second kappa shape index (κ2) is 66.7. The third kappa shape index (κ3) is 53.6. The topological polar surface area (TPSA) is 711 Å². The first-order valence-corrected chi connectivity index (χ1v) is 41.5. The number of aliphatic carboxylic acids is 2. The van der Waals surface area contributed by atoms with Crippen LogP contribution in [0.25, 0.3) is 0 Å². The van der Waals surface area contributed by atoms with Gasteiger partial charge in [0, 0.05) is 64.4 Å². The zero-order valence-corrected chi connectivity index (χ0v) is 70.3. The van der Waals surface area contributed by atoms with Gasteiger partial charge in [0.1, 0.15) is 61.3 Å². The van der Waals surface area contributed by atoms with Crippen LogP contribution in [0, 0.1) is 0 Å². The minimum Gasteiger partial charge on any atom is -0.480 e. The number of hydrogen-bond donors (Lipinski definition) is 21. The number of nitrogens with one attached hydrogen (secondary N) is 14. The van der Waals surface area contributed by atoms with E-state index in [0.29, 0.717) is 38.8 Å². The summed E-state index contributed by atoms with van der Waals surface area (Å²) < 4.78 is 21.4. The van der Waals surface area contributed by atoms with E-state index in [0.717, 1.165) is 42.8 Å². The smallest absolute Gasteiger partial charge is 0.317 e. The number of primary amides is 2. The van der Waals surface area contributed by atoms with Crippen molar-refractivity contribution < 1.29 is 126 Å². The number of nitrogens with two attached hydrogens (primary N) is 2. The van der Waals surface area contributed by atoms with Gasteiger partial charge in [-0.15, -0.1) is 5.10 Å².